The van der Waals surface area contributed by atoms with Crippen LogP contribution in [0.2, 0.25) is 0 Å². The Morgan fingerprint density at radius 3 is 3.00 bits per heavy atom. The number of nitrogens with zero attached hydrogens (tertiary/aromatic N) is 2. The molecule has 0 bridgehead atoms. The third kappa shape index (κ3) is 3.48. The molecule has 19 heavy (non-hydrogen) atoms. The molecule has 0 amide bonds. The van der Waals surface area contributed by atoms with E-state index < -0.39 is 5.97 Å². The fourth-order valence-electron chi connectivity index (χ4n) is 2.45. The summed E-state index contributed by atoms with van der Waals surface area (Å²) in [7, 11) is 0. The molecule has 5 heteroatoms. The molecule has 1 heterocycles. The Balaban J connectivity index is 2.01. The maximum atomic E-state index is 10.6. The molecule has 1 aromatic rings. The van der Waals surface area contributed by atoms with Crippen LogP contribution >= 0.6 is 15.9 Å². The topological polar surface area (TPSA) is 64.3 Å². The van der Waals surface area contributed by atoms with Gasteiger partial charge in [-0.3, -0.25) is 4.79 Å². The van der Waals surface area contributed by atoms with Gasteiger partial charge in [-0.25, -0.2) is 0 Å². The number of anilines is 1. The second kappa shape index (κ2) is 6.07. The molecule has 1 fully saturated rings. The first-order chi connectivity index (χ1) is 9.10. The number of nitriles is 1. The smallest absolute Gasteiger partial charge is 0.303 e. The van der Waals surface area contributed by atoms with E-state index in [-0.39, 0.29) is 6.42 Å². The maximum Gasteiger partial charge on any atom is 0.303 e. The van der Waals surface area contributed by atoms with Crippen LogP contribution in [0.25, 0.3) is 0 Å². The van der Waals surface area contributed by atoms with Gasteiger partial charge in [-0.15, -0.1) is 0 Å². The lowest BCUT2D eigenvalue weighted by molar-refractivity contribution is -0.137. The molecule has 0 aliphatic carbocycles. The van der Waals surface area contributed by atoms with Crippen molar-refractivity contribution in [3.8, 4) is 6.07 Å². The molecule has 1 saturated heterocycles. The molecule has 0 radical (unpaired) electrons. The Labute approximate surface area is 120 Å². The molecular formula is C14H15BrN2O2. The molecule has 1 atom stereocenters. The Hall–Kier alpha value is -1.54. The average molecular weight is 323 g/mol. The molecule has 0 aromatic heterocycles. The normalized spacial score (nSPS) is 18.3. The summed E-state index contributed by atoms with van der Waals surface area (Å²) in [4.78, 5) is 12.8. The summed E-state index contributed by atoms with van der Waals surface area (Å²) in [6.45, 7) is 1.83. The van der Waals surface area contributed by atoms with E-state index in [0.717, 1.165) is 36.1 Å². The van der Waals surface area contributed by atoms with Crippen molar-refractivity contribution >= 4 is 27.6 Å². The highest BCUT2D eigenvalue weighted by molar-refractivity contribution is 9.10. The summed E-state index contributed by atoms with van der Waals surface area (Å²) < 4.78 is 0.922. The van der Waals surface area contributed by atoms with E-state index >= 15 is 0 Å². The van der Waals surface area contributed by atoms with Gasteiger partial charge in [0.1, 0.15) is 0 Å². The Bertz CT molecular complexity index is 525. The van der Waals surface area contributed by atoms with E-state index in [1.807, 2.05) is 18.2 Å². The first kappa shape index (κ1) is 13.9. The van der Waals surface area contributed by atoms with Crippen LogP contribution < -0.4 is 4.90 Å². The van der Waals surface area contributed by atoms with Crippen LogP contribution in [0.5, 0.6) is 0 Å². The second-order valence-corrected chi connectivity index (χ2v) is 5.67. The zero-order chi connectivity index (χ0) is 13.8. The molecule has 4 nitrogen and oxygen atoms in total. The highest BCUT2D eigenvalue weighted by atomic mass is 79.9. The number of hydrogen-bond acceptors (Lipinski definition) is 3. The number of benzene rings is 1. The standard InChI is InChI=1S/C14H15BrN2O2/c15-12-7-11(8-16)1-3-13(12)17-6-5-10(9-17)2-4-14(18)19/h1,3,7,10H,2,4-6,9H2,(H,18,19). The lowest BCUT2D eigenvalue weighted by atomic mass is 10.0. The van der Waals surface area contributed by atoms with Crippen LogP contribution in [0, 0.1) is 17.2 Å². The minimum atomic E-state index is -0.724. The van der Waals surface area contributed by atoms with Gasteiger partial charge in [0.15, 0.2) is 0 Å². The van der Waals surface area contributed by atoms with Gasteiger partial charge in [0.05, 0.1) is 17.3 Å². The third-order valence-electron chi connectivity index (χ3n) is 3.47. The first-order valence-electron chi connectivity index (χ1n) is 6.26. The molecule has 1 aliphatic heterocycles. The summed E-state index contributed by atoms with van der Waals surface area (Å²) in [5, 5.41) is 17.5. The van der Waals surface area contributed by atoms with Crippen LogP contribution in [0.4, 0.5) is 5.69 Å². The molecule has 100 valence electrons. The van der Waals surface area contributed by atoms with Gasteiger partial charge >= 0.3 is 5.97 Å². The quantitative estimate of drug-likeness (QED) is 0.925. The zero-order valence-electron chi connectivity index (χ0n) is 10.5. The number of hydrogen-bond donors (Lipinski definition) is 1. The van der Waals surface area contributed by atoms with Gasteiger partial charge in [-0.1, -0.05) is 0 Å². The Morgan fingerprint density at radius 1 is 1.58 bits per heavy atom. The fourth-order valence-corrected chi connectivity index (χ4v) is 3.08. The summed E-state index contributed by atoms with van der Waals surface area (Å²) in [5.74, 6) is -0.281. The molecular weight excluding hydrogens is 308 g/mol. The fraction of sp³-hybridized carbons (Fsp3) is 0.429. The van der Waals surface area contributed by atoms with Crippen molar-refractivity contribution in [1.82, 2.24) is 0 Å². The Kier molecular flexibility index (Phi) is 4.43. The Morgan fingerprint density at radius 2 is 2.37 bits per heavy atom. The number of carboxylic acid groups (broad SMARTS) is 1. The van der Waals surface area contributed by atoms with Gasteiger partial charge in [0.2, 0.25) is 0 Å². The highest BCUT2D eigenvalue weighted by Crippen LogP contribution is 2.32. The number of rotatable bonds is 4. The minimum Gasteiger partial charge on any atom is -0.481 e. The van der Waals surface area contributed by atoms with Crippen molar-refractivity contribution in [3.63, 3.8) is 0 Å². The van der Waals surface area contributed by atoms with Gasteiger partial charge in [-0.2, -0.15) is 5.26 Å². The van der Waals surface area contributed by atoms with Crippen molar-refractivity contribution in [1.29, 1.82) is 5.26 Å². The monoisotopic (exact) mass is 322 g/mol. The van der Waals surface area contributed by atoms with Gasteiger partial charge in [0, 0.05) is 24.0 Å². The van der Waals surface area contributed by atoms with Crippen molar-refractivity contribution in [2.24, 2.45) is 5.92 Å². The van der Waals surface area contributed by atoms with Crippen molar-refractivity contribution < 1.29 is 9.90 Å². The van der Waals surface area contributed by atoms with Crippen LogP contribution in [-0.4, -0.2) is 24.2 Å². The number of carboxylic acids is 1. The van der Waals surface area contributed by atoms with Crippen molar-refractivity contribution in [3.05, 3.63) is 28.2 Å². The van der Waals surface area contributed by atoms with E-state index in [2.05, 4.69) is 26.9 Å². The van der Waals surface area contributed by atoms with Crippen molar-refractivity contribution in [2.45, 2.75) is 19.3 Å². The average Bonchev–Trinajstić information content (AvgIpc) is 2.84. The summed E-state index contributed by atoms with van der Waals surface area (Å²) in [5.41, 5.74) is 1.72. The predicted octanol–water partition coefficient (Wildman–Crippen LogP) is 3.01. The number of carbonyl (C=O) groups is 1. The zero-order valence-corrected chi connectivity index (χ0v) is 12.1. The summed E-state index contributed by atoms with van der Waals surface area (Å²) in [6.07, 6.45) is 2.01. The van der Waals surface area contributed by atoms with E-state index in [1.54, 1.807) is 0 Å². The number of halogens is 1. The molecule has 0 spiro atoms. The molecule has 1 aliphatic rings. The van der Waals surface area contributed by atoms with Gasteiger partial charge < -0.3 is 10.0 Å². The largest absolute Gasteiger partial charge is 0.481 e. The lowest BCUT2D eigenvalue weighted by Gasteiger charge is -2.20. The van der Waals surface area contributed by atoms with E-state index in [1.165, 1.54) is 0 Å². The highest BCUT2D eigenvalue weighted by Gasteiger charge is 2.24. The molecule has 0 saturated carbocycles. The second-order valence-electron chi connectivity index (χ2n) is 4.81. The molecule has 1 unspecified atom stereocenters. The summed E-state index contributed by atoms with van der Waals surface area (Å²) in [6, 6.07) is 7.69. The SMILES string of the molecule is N#Cc1ccc(N2CCC(CCC(=O)O)C2)c(Br)c1. The predicted molar refractivity (Wildman–Crippen MR) is 76.0 cm³/mol. The molecule has 1 aromatic carbocycles. The van der Waals surface area contributed by atoms with Crippen LogP contribution in [0.1, 0.15) is 24.8 Å². The maximum absolute atomic E-state index is 10.6. The van der Waals surface area contributed by atoms with E-state index in [4.69, 9.17) is 10.4 Å². The lowest BCUT2D eigenvalue weighted by Crippen LogP contribution is -2.20. The van der Waals surface area contributed by atoms with Gasteiger partial charge in [-0.05, 0) is 52.9 Å². The van der Waals surface area contributed by atoms with E-state index in [9.17, 15) is 4.79 Å². The van der Waals surface area contributed by atoms with E-state index in [0.29, 0.717) is 11.5 Å². The van der Waals surface area contributed by atoms with Crippen molar-refractivity contribution in [2.75, 3.05) is 18.0 Å². The summed E-state index contributed by atoms with van der Waals surface area (Å²) >= 11 is 3.49. The first-order valence-corrected chi connectivity index (χ1v) is 7.06. The number of aliphatic carboxylic acids is 1. The molecule has 2 rings (SSSR count). The third-order valence-corrected chi connectivity index (χ3v) is 4.10. The van der Waals surface area contributed by atoms with Crippen LogP contribution in [0.15, 0.2) is 22.7 Å². The molecule has 1 N–H and O–H groups in total. The van der Waals surface area contributed by atoms with Gasteiger partial charge in [0.25, 0.3) is 0 Å². The van der Waals surface area contributed by atoms with Crippen LogP contribution in [-0.2, 0) is 4.79 Å². The van der Waals surface area contributed by atoms with Crippen LogP contribution in [0.3, 0.4) is 0 Å². The minimum absolute atomic E-state index is 0.243.